The maximum atomic E-state index is 11.9. The van der Waals surface area contributed by atoms with Crippen LogP contribution in [0.1, 0.15) is 44.2 Å². The Morgan fingerprint density at radius 3 is 2.15 bits per heavy atom. The summed E-state index contributed by atoms with van der Waals surface area (Å²) >= 11 is 0. The van der Waals surface area contributed by atoms with Crippen LogP contribution in [0.25, 0.3) is 0 Å². The molecule has 1 N–H and O–H groups in total. The van der Waals surface area contributed by atoms with Crippen molar-refractivity contribution in [1.82, 2.24) is 4.90 Å². The Morgan fingerprint density at radius 2 is 1.70 bits per heavy atom. The number of amides is 1. The average molecular weight is 277 g/mol. The van der Waals surface area contributed by atoms with Crippen molar-refractivity contribution in [2.45, 2.75) is 45.6 Å². The van der Waals surface area contributed by atoms with Crippen molar-refractivity contribution >= 4 is 11.9 Å². The largest absolute Gasteiger partial charge is 0.480 e. The molecule has 110 valence electrons. The van der Waals surface area contributed by atoms with Crippen molar-refractivity contribution in [2.24, 2.45) is 0 Å². The molecule has 0 radical (unpaired) electrons. The van der Waals surface area contributed by atoms with Crippen molar-refractivity contribution in [3.05, 3.63) is 35.4 Å². The molecule has 4 heteroatoms. The van der Waals surface area contributed by atoms with E-state index < -0.39 is 12.0 Å². The van der Waals surface area contributed by atoms with Crippen molar-refractivity contribution in [3.63, 3.8) is 0 Å². The highest BCUT2D eigenvalue weighted by molar-refractivity contribution is 5.83. The molecule has 0 bridgehead atoms. The number of carboxylic acids is 1. The molecule has 1 aromatic rings. The molecule has 0 aliphatic heterocycles. The summed E-state index contributed by atoms with van der Waals surface area (Å²) in [5.41, 5.74) is 2.37. The molecule has 1 aromatic carbocycles. The number of rotatable bonds is 6. The van der Waals surface area contributed by atoms with Crippen LogP contribution in [0, 0.1) is 0 Å². The van der Waals surface area contributed by atoms with Gasteiger partial charge in [-0.2, -0.15) is 0 Å². The molecule has 0 aliphatic carbocycles. The summed E-state index contributed by atoms with van der Waals surface area (Å²) in [5, 5.41) is 8.88. The van der Waals surface area contributed by atoms with E-state index in [9.17, 15) is 9.59 Å². The Bertz CT molecular complexity index is 465. The Kier molecular flexibility index (Phi) is 5.74. The van der Waals surface area contributed by atoms with Crippen LogP contribution in [-0.2, 0) is 16.0 Å². The van der Waals surface area contributed by atoms with Gasteiger partial charge in [0.05, 0.1) is 0 Å². The molecule has 0 heterocycles. The summed E-state index contributed by atoms with van der Waals surface area (Å²) < 4.78 is 0. The first kappa shape index (κ1) is 16.2. The number of likely N-dealkylation sites (N-methyl/N-ethyl adjacent to an activating group) is 1. The van der Waals surface area contributed by atoms with Gasteiger partial charge < -0.3 is 10.0 Å². The molecular weight excluding hydrogens is 254 g/mol. The Morgan fingerprint density at radius 1 is 1.15 bits per heavy atom. The number of aliphatic carboxylic acids is 1. The highest BCUT2D eigenvalue weighted by atomic mass is 16.4. The second-order valence-electron chi connectivity index (χ2n) is 5.42. The summed E-state index contributed by atoms with van der Waals surface area (Å²) in [5.74, 6) is -0.636. The molecule has 0 saturated heterocycles. The fourth-order valence-electron chi connectivity index (χ4n) is 1.88. The predicted octanol–water partition coefficient (Wildman–Crippen LogP) is 2.67. The van der Waals surface area contributed by atoms with E-state index in [-0.39, 0.29) is 5.91 Å². The minimum absolute atomic E-state index is 0.146. The molecule has 0 aliphatic rings. The molecular formula is C16H23NO3. The zero-order valence-electron chi connectivity index (χ0n) is 12.6. The standard InChI is InChI=1S/C16H23NO3/c1-11(2)14-8-5-13(6-9-14)7-10-15(18)17(4)12(3)16(19)20/h5-6,8-9,11-12H,7,10H2,1-4H3,(H,19,20). The van der Waals surface area contributed by atoms with Crippen LogP contribution in [0.4, 0.5) is 0 Å². The summed E-state index contributed by atoms with van der Waals surface area (Å²) in [6.45, 7) is 5.79. The van der Waals surface area contributed by atoms with Crippen LogP contribution in [0.15, 0.2) is 24.3 Å². The normalized spacial score (nSPS) is 12.2. The molecule has 0 fully saturated rings. The molecule has 1 unspecified atom stereocenters. The van der Waals surface area contributed by atoms with Crippen LogP contribution in [0.5, 0.6) is 0 Å². The van der Waals surface area contributed by atoms with E-state index in [0.717, 1.165) is 5.56 Å². The van der Waals surface area contributed by atoms with Gasteiger partial charge in [-0.05, 0) is 30.4 Å². The van der Waals surface area contributed by atoms with Gasteiger partial charge in [-0.3, -0.25) is 4.79 Å². The zero-order valence-corrected chi connectivity index (χ0v) is 12.6. The van der Waals surface area contributed by atoms with Crippen molar-refractivity contribution in [1.29, 1.82) is 0 Å². The topological polar surface area (TPSA) is 57.6 Å². The molecule has 1 amide bonds. The van der Waals surface area contributed by atoms with Gasteiger partial charge in [-0.15, -0.1) is 0 Å². The maximum Gasteiger partial charge on any atom is 0.326 e. The SMILES string of the molecule is CC(C)c1ccc(CCC(=O)N(C)C(C)C(=O)O)cc1. The van der Waals surface area contributed by atoms with E-state index in [0.29, 0.717) is 18.8 Å². The predicted molar refractivity (Wildman–Crippen MR) is 78.7 cm³/mol. The lowest BCUT2D eigenvalue weighted by Gasteiger charge is -2.21. The second-order valence-corrected chi connectivity index (χ2v) is 5.42. The summed E-state index contributed by atoms with van der Waals surface area (Å²) in [6, 6.07) is 7.43. The van der Waals surface area contributed by atoms with Gasteiger partial charge in [0, 0.05) is 13.5 Å². The fourth-order valence-corrected chi connectivity index (χ4v) is 1.88. The third-order valence-corrected chi connectivity index (χ3v) is 3.61. The highest BCUT2D eigenvalue weighted by Gasteiger charge is 2.21. The number of carbonyl (C=O) groups is 2. The smallest absolute Gasteiger partial charge is 0.326 e. The summed E-state index contributed by atoms with van der Waals surface area (Å²) in [6.07, 6.45) is 0.961. The van der Waals surface area contributed by atoms with Crippen LogP contribution in [0.3, 0.4) is 0 Å². The number of carbonyl (C=O) groups excluding carboxylic acids is 1. The van der Waals surface area contributed by atoms with Gasteiger partial charge in [0.25, 0.3) is 0 Å². The first-order chi connectivity index (χ1) is 9.32. The third kappa shape index (κ3) is 4.37. The number of hydrogen-bond acceptors (Lipinski definition) is 2. The molecule has 20 heavy (non-hydrogen) atoms. The lowest BCUT2D eigenvalue weighted by Crippen LogP contribution is -2.40. The number of hydrogen-bond donors (Lipinski definition) is 1. The van der Waals surface area contributed by atoms with Gasteiger partial charge in [0.2, 0.25) is 5.91 Å². The van der Waals surface area contributed by atoms with Gasteiger partial charge in [0.1, 0.15) is 6.04 Å². The van der Waals surface area contributed by atoms with E-state index in [4.69, 9.17) is 5.11 Å². The van der Waals surface area contributed by atoms with Gasteiger partial charge in [0.15, 0.2) is 0 Å². The monoisotopic (exact) mass is 277 g/mol. The molecule has 1 rings (SSSR count). The Balaban J connectivity index is 2.54. The van der Waals surface area contributed by atoms with Crippen LogP contribution in [0.2, 0.25) is 0 Å². The van der Waals surface area contributed by atoms with Crippen LogP contribution >= 0.6 is 0 Å². The third-order valence-electron chi connectivity index (χ3n) is 3.61. The number of benzene rings is 1. The van der Waals surface area contributed by atoms with Crippen LogP contribution in [-0.4, -0.2) is 35.0 Å². The van der Waals surface area contributed by atoms with E-state index in [1.54, 1.807) is 0 Å². The van der Waals surface area contributed by atoms with Crippen LogP contribution < -0.4 is 0 Å². The second kappa shape index (κ2) is 7.08. The average Bonchev–Trinajstić information content (AvgIpc) is 2.43. The molecule has 1 atom stereocenters. The van der Waals surface area contributed by atoms with Crippen molar-refractivity contribution in [2.75, 3.05) is 7.05 Å². The molecule has 0 saturated carbocycles. The van der Waals surface area contributed by atoms with Crippen molar-refractivity contribution < 1.29 is 14.7 Å². The molecule has 0 spiro atoms. The fraction of sp³-hybridized carbons (Fsp3) is 0.500. The van der Waals surface area contributed by atoms with E-state index in [1.165, 1.54) is 24.4 Å². The Hall–Kier alpha value is -1.84. The summed E-state index contributed by atoms with van der Waals surface area (Å²) in [4.78, 5) is 24.0. The van der Waals surface area contributed by atoms with Crippen molar-refractivity contribution in [3.8, 4) is 0 Å². The summed E-state index contributed by atoms with van der Waals surface area (Å²) in [7, 11) is 1.53. The zero-order chi connectivity index (χ0) is 15.3. The van der Waals surface area contributed by atoms with E-state index in [2.05, 4.69) is 26.0 Å². The van der Waals surface area contributed by atoms with E-state index >= 15 is 0 Å². The van der Waals surface area contributed by atoms with Gasteiger partial charge >= 0.3 is 5.97 Å². The maximum absolute atomic E-state index is 11.9. The van der Waals surface area contributed by atoms with Gasteiger partial charge in [-0.25, -0.2) is 4.79 Å². The lowest BCUT2D eigenvalue weighted by molar-refractivity contribution is -0.148. The Labute approximate surface area is 120 Å². The lowest BCUT2D eigenvalue weighted by atomic mass is 10.00. The molecule has 4 nitrogen and oxygen atoms in total. The number of aryl methyl sites for hydroxylation is 1. The minimum atomic E-state index is -0.984. The first-order valence-electron chi connectivity index (χ1n) is 6.90. The quantitative estimate of drug-likeness (QED) is 0.869. The van der Waals surface area contributed by atoms with E-state index in [1.807, 2.05) is 12.1 Å². The molecule has 0 aromatic heterocycles. The highest BCUT2D eigenvalue weighted by Crippen LogP contribution is 2.15. The van der Waals surface area contributed by atoms with Gasteiger partial charge in [-0.1, -0.05) is 38.1 Å². The number of carboxylic acid groups (broad SMARTS) is 1. The number of nitrogens with zero attached hydrogens (tertiary/aromatic N) is 1. The first-order valence-corrected chi connectivity index (χ1v) is 6.90. The minimum Gasteiger partial charge on any atom is -0.480 e.